The van der Waals surface area contributed by atoms with Gasteiger partial charge in [0, 0.05) is 23.4 Å². The van der Waals surface area contributed by atoms with Gasteiger partial charge < -0.3 is 10.1 Å². The number of para-hydroxylation sites is 2. The number of hydrogen-bond donors (Lipinski definition) is 2. The highest BCUT2D eigenvalue weighted by molar-refractivity contribution is 6.35. The summed E-state index contributed by atoms with van der Waals surface area (Å²) in [5.41, 5.74) is 5.16. The number of methoxy groups -OCH3 is 1. The Hall–Kier alpha value is -3.94. The standard InChI is InChI=1S/C22H23N5O3/c1-15(2)24-21(28)22(29)25-23-13-16-14-27(17-9-5-4-6-10-17)26-20(16)18-11-7-8-12-19(18)30-3/h4-15H,1-3H3,(H,24,28)(H,25,29)/b23-13-. The molecule has 0 saturated heterocycles. The lowest BCUT2D eigenvalue weighted by Crippen LogP contribution is -2.41. The van der Waals surface area contributed by atoms with Crippen LogP contribution in [0.25, 0.3) is 16.9 Å². The number of nitrogens with zero attached hydrogens (tertiary/aromatic N) is 3. The van der Waals surface area contributed by atoms with Crippen molar-refractivity contribution < 1.29 is 14.3 Å². The monoisotopic (exact) mass is 405 g/mol. The van der Waals surface area contributed by atoms with E-state index in [4.69, 9.17) is 4.74 Å². The lowest BCUT2D eigenvalue weighted by atomic mass is 10.1. The van der Waals surface area contributed by atoms with E-state index in [0.717, 1.165) is 11.3 Å². The van der Waals surface area contributed by atoms with Crippen LogP contribution in [0.3, 0.4) is 0 Å². The molecule has 1 heterocycles. The average molecular weight is 405 g/mol. The Kier molecular flexibility index (Phi) is 6.59. The van der Waals surface area contributed by atoms with Gasteiger partial charge in [0.15, 0.2) is 0 Å². The molecule has 0 saturated carbocycles. The first-order valence-electron chi connectivity index (χ1n) is 9.42. The maximum atomic E-state index is 11.9. The fourth-order valence-electron chi connectivity index (χ4n) is 2.78. The van der Waals surface area contributed by atoms with Gasteiger partial charge >= 0.3 is 11.8 Å². The van der Waals surface area contributed by atoms with Crippen LogP contribution >= 0.6 is 0 Å². The number of ether oxygens (including phenoxy) is 1. The van der Waals surface area contributed by atoms with Crippen molar-refractivity contribution in [3.63, 3.8) is 0 Å². The Morgan fingerprint density at radius 3 is 2.47 bits per heavy atom. The van der Waals surface area contributed by atoms with Crippen LogP contribution in [-0.2, 0) is 9.59 Å². The molecule has 0 spiro atoms. The average Bonchev–Trinajstić information content (AvgIpc) is 3.17. The minimum absolute atomic E-state index is 0.145. The lowest BCUT2D eigenvalue weighted by molar-refractivity contribution is -0.139. The third kappa shape index (κ3) is 4.91. The summed E-state index contributed by atoms with van der Waals surface area (Å²) in [5, 5.41) is 11.1. The second-order valence-electron chi connectivity index (χ2n) is 6.74. The van der Waals surface area contributed by atoms with Crippen molar-refractivity contribution in [2.75, 3.05) is 7.11 Å². The van der Waals surface area contributed by atoms with E-state index < -0.39 is 11.8 Å². The van der Waals surface area contributed by atoms with E-state index in [9.17, 15) is 9.59 Å². The molecule has 0 fully saturated rings. The number of carbonyl (C=O) groups excluding carboxylic acids is 2. The van der Waals surface area contributed by atoms with E-state index in [1.54, 1.807) is 31.8 Å². The second-order valence-corrected chi connectivity index (χ2v) is 6.74. The first-order valence-corrected chi connectivity index (χ1v) is 9.42. The summed E-state index contributed by atoms with van der Waals surface area (Å²) in [5.74, 6) is -0.924. The predicted molar refractivity (Wildman–Crippen MR) is 115 cm³/mol. The molecular formula is C22H23N5O3. The van der Waals surface area contributed by atoms with Crippen LogP contribution in [0.15, 0.2) is 65.9 Å². The molecule has 0 atom stereocenters. The Morgan fingerprint density at radius 2 is 1.77 bits per heavy atom. The molecule has 3 aromatic rings. The van der Waals surface area contributed by atoms with Crippen LogP contribution in [0.2, 0.25) is 0 Å². The number of benzene rings is 2. The van der Waals surface area contributed by atoms with Crippen molar-refractivity contribution in [1.29, 1.82) is 0 Å². The maximum absolute atomic E-state index is 11.9. The van der Waals surface area contributed by atoms with Gasteiger partial charge in [0.05, 0.1) is 19.0 Å². The van der Waals surface area contributed by atoms with E-state index >= 15 is 0 Å². The Morgan fingerprint density at radius 1 is 1.07 bits per heavy atom. The molecule has 8 nitrogen and oxygen atoms in total. The van der Waals surface area contributed by atoms with Crippen LogP contribution in [0.5, 0.6) is 5.75 Å². The number of hydrogen-bond acceptors (Lipinski definition) is 5. The minimum atomic E-state index is -0.839. The first kappa shape index (κ1) is 20.8. The molecular weight excluding hydrogens is 382 g/mol. The van der Waals surface area contributed by atoms with Gasteiger partial charge in [0.1, 0.15) is 11.4 Å². The van der Waals surface area contributed by atoms with Crippen LogP contribution in [-0.4, -0.2) is 41.0 Å². The molecule has 0 unspecified atom stereocenters. The third-order valence-corrected chi connectivity index (χ3v) is 4.12. The van der Waals surface area contributed by atoms with Crippen LogP contribution < -0.4 is 15.5 Å². The summed E-state index contributed by atoms with van der Waals surface area (Å²) in [6.07, 6.45) is 3.25. The summed E-state index contributed by atoms with van der Waals surface area (Å²) in [4.78, 5) is 23.6. The fraction of sp³-hybridized carbons (Fsp3) is 0.182. The zero-order chi connectivity index (χ0) is 21.5. The van der Waals surface area contributed by atoms with Crippen molar-refractivity contribution in [3.8, 4) is 22.7 Å². The van der Waals surface area contributed by atoms with Gasteiger partial charge in [0.25, 0.3) is 0 Å². The van der Waals surface area contributed by atoms with Crippen molar-refractivity contribution in [2.24, 2.45) is 5.10 Å². The lowest BCUT2D eigenvalue weighted by Gasteiger charge is -2.07. The predicted octanol–water partition coefficient (Wildman–Crippen LogP) is 2.52. The van der Waals surface area contributed by atoms with Gasteiger partial charge in [-0.2, -0.15) is 10.2 Å². The number of amides is 2. The van der Waals surface area contributed by atoms with E-state index in [0.29, 0.717) is 17.0 Å². The second kappa shape index (κ2) is 9.51. The molecule has 3 rings (SSSR count). The van der Waals surface area contributed by atoms with Gasteiger partial charge in [-0.1, -0.05) is 30.3 Å². The van der Waals surface area contributed by atoms with Crippen molar-refractivity contribution in [1.82, 2.24) is 20.5 Å². The molecule has 0 bridgehead atoms. The molecule has 0 aliphatic heterocycles. The number of aromatic nitrogens is 2. The van der Waals surface area contributed by atoms with Crippen molar-refractivity contribution in [3.05, 3.63) is 66.4 Å². The highest BCUT2D eigenvalue weighted by Crippen LogP contribution is 2.31. The molecule has 2 aromatic carbocycles. The van der Waals surface area contributed by atoms with Gasteiger partial charge in [0.2, 0.25) is 0 Å². The minimum Gasteiger partial charge on any atom is -0.496 e. The summed E-state index contributed by atoms with van der Waals surface area (Å²) >= 11 is 0. The van der Waals surface area contributed by atoms with Crippen molar-refractivity contribution in [2.45, 2.75) is 19.9 Å². The Labute approximate surface area is 174 Å². The molecule has 0 radical (unpaired) electrons. The van der Waals surface area contributed by atoms with Crippen molar-refractivity contribution >= 4 is 18.0 Å². The van der Waals surface area contributed by atoms with Crippen LogP contribution in [0.1, 0.15) is 19.4 Å². The number of nitrogens with one attached hydrogen (secondary N) is 2. The van der Waals surface area contributed by atoms with Gasteiger partial charge in [-0.15, -0.1) is 0 Å². The molecule has 154 valence electrons. The SMILES string of the molecule is COc1ccccc1-c1nn(-c2ccccc2)cc1/C=N\NC(=O)C(=O)NC(C)C. The summed E-state index contributed by atoms with van der Waals surface area (Å²) in [6.45, 7) is 3.54. The molecule has 0 aliphatic carbocycles. The molecule has 30 heavy (non-hydrogen) atoms. The number of carbonyl (C=O) groups is 2. The van der Waals surface area contributed by atoms with E-state index in [1.165, 1.54) is 6.21 Å². The van der Waals surface area contributed by atoms with Gasteiger partial charge in [-0.05, 0) is 38.1 Å². The normalized spacial score (nSPS) is 10.9. The highest BCUT2D eigenvalue weighted by Gasteiger charge is 2.16. The largest absolute Gasteiger partial charge is 0.496 e. The molecule has 1 aromatic heterocycles. The zero-order valence-corrected chi connectivity index (χ0v) is 17.0. The molecule has 2 N–H and O–H groups in total. The number of rotatable bonds is 6. The summed E-state index contributed by atoms with van der Waals surface area (Å²) in [7, 11) is 1.59. The van der Waals surface area contributed by atoms with Gasteiger partial charge in [-0.25, -0.2) is 10.1 Å². The smallest absolute Gasteiger partial charge is 0.329 e. The molecule has 2 amide bonds. The highest BCUT2D eigenvalue weighted by atomic mass is 16.5. The topological polar surface area (TPSA) is 97.6 Å². The summed E-state index contributed by atoms with van der Waals surface area (Å²) in [6, 6.07) is 17.0. The fourth-order valence-corrected chi connectivity index (χ4v) is 2.78. The van der Waals surface area contributed by atoms with Gasteiger partial charge in [-0.3, -0.25) is 9.59 Å². The van der Waals surface area contributed by atoms with E-state index in [-0.39, 0.29) is 6.04 Å². The quantitative estimate of drug-likeness (QED) is 0.374. The van der Waals surface area contributed by atoms with E-state index in [2.05, 4.69) is 20.9 Å². The Balaban J connectivity index is 1.93. The Bertz CT molecular complexity index is 1060. The van der Waals surface area contributed by atoms with E-state index in [1.807, 2.05) is 54.6 Å². The molecule has 8 heteroatoms. The number of hydrazone groups is 1. The third-order valence-electron chi connectivity index (χ3n) is 4.12. The van der Waals surface area contributed by atoms with Crippen LogP contribution in [0.4, 0.5) is 0 Å². The maximum Gasteiger partial charge on any atom is 0.329 e. The molecule has 0 aliphatic rings. The zero-order valence-electron chi connectivity index (χ0n) is 17.0. The summed E-state index contributed by atoms with van der Waals surface area (Å²) < 4.78 is 7.18. The van der Waals surface area contributed by atoms with Crippen LogP contribution in [0, 0.1) is 0 Å². The first-order chi connectivity index (χ1) is 14.5.